The van der Waals surface area contributed by atoms with Crippen molar-refractivity contribution in [1.82, 2.24) is 9.62 Å². The molecule has 5 nitrogen and oxygen atoms in total. The second-order valence-corrected chi connectivity index (χ2v) is 7.03. The van der Waals surface area contributed by atoms with Gasteiger partial charge < -0.3 is 4.74 Å². The normalized spacial score (nSPS) is 18.6. The average molecular weight is 316 g/mol. The molecule has 1 N–H and O–H groups in total. The van der Waals surface area contributed by atoms with Crippen molar-refractivity contribution < 1.29 is 17.5 Å². The summed E-state index contributed by atoms with van der Waals surface area (Å²) in [7, 11) is -3.71. The van der Waals surface area contributed by atoms with Crippen molar-refractivity contribution in [2.24, 2.45) is 0 Å². The molecular weight excluding hydrogens is 295 g/mol. The number of rotatable bonds is 5. The molecule has 1 aromatic rings. The molecule has 7 heteroatoms. The lowest BCUT2D eigenvalue weighted by molar-refractivity contribution is 0.0354. The maximum Gasteiger partial charge on any atom is 0.241 e. The van der Waals surface area contributed by atoms with Crippen LogP contribution in [0.1, 0.15) is 12.5 Å². The molecule has 0 spiro atoms. The summed E-state index contributed by atoms with van der Waals surface area (Å²) in [5.41, 5.74) is 0.530. The molecule has 1 atom stereocenters. The second-order valence-electron chi connectivity index (χ2n) is 5.35. The van der Waals surface area contributed by atoms with Gasteiger partial charge in [-0.05, 0) is 31.5 Å². The molecular formula is C14H21FN2O3S. The summed E-state index contributed by atoms with van der Waals surface area (Å²) in [6.45, 7) is 7.00. The third kappa shape index (κ3) is 4.47. The zero-order valence-corrected chi connectivity index (χ0v) is 13.1. The van der Waals surface area contributed by atoms with Crippen molar-refractivity contribution in [1.29, 1.82) is 0 Å². The SMILES string of the molecule is Cc1ccc(F)cc1S(=O)(=O)NC(C)CN1CCOCC1. The van der Waals surface area contributed by atoms with Gasteiger partial charge in [-0.3, -0.25) is 4.90 Å². The van der Waals surface area contributed by atoms with E-state index in [2.05, 4.69) is 9.62 Å². The van der Waals surface area contributed by atoms with Crippen molar-refractivity contribution in [2.45, 2.75) is 24.8 Å². The molecule has 0 aliphatic carbocycles. The molecule has 1 heterocycles. The predicted molar refractivity (Wildman–Crippen MR) is 78.2 cm³/mol. The van der Waals surface area contributed by atoms with Crippen LogP contribution in [0.5, 0.6) is 0 Å². The van der Waals surface area contributed by atoms with E-state index in [1.54, 1.807) is 6.92 Å². The van der Waals surface area contributed by atoms with Crippen LogP contribution in [0.2, 0.25) is 0 Å². The standard InChI is InChI=1S/C14H21FN2O3S/c1-11-3-4-13(15)9-14(11)21(18,19)16-12(2)10-17-5-7-20-8-6-17/h3-4,9,12,16H,5-8,10H2,1-2H3. The monoisotopic (exact) mass is 316 g/mol. The van der Waals surface area contributed by atoms with Crippen LogP contribution in [0.25, 0.3) is 0 Å². The first kappa shape index (κ1) is 16.4. The van der Waals surface area contributed by atoms with Gasteiger partial charge in [0, 0.05) is 25.7 Å². The third-order valence-corrected chi connectivity index (χ3v) is 5.16. The smallest absolute Gasteiger partial charge is 0.241 e. The highest BCUT2D eigenvalue weighted by molar-refractivity contribution is 7.89. The summed E-state index contributed by atoms with van der Waals surface area (Å²) in [5, 5.41) is 0. The number of nitrogens with one attached hydrogen (secondary N) is 1. The molecule has 2 rings (SSSR count). The number of halogens is 1. The van der Waals surface area contributed by atoms with Gasteiger partial charge in [0.25, 0.3) is 0 Å². The van der Waals surface area contributed by atoms with Crippen molar-refractivity contribution in [3.63, 3.8) is 0 Å². The molecule has 0 aromatic heterocycles. The van der Waals surface area contributed by atoms with E-state index in [4.69, 9.17) is 4.74 Å². The Morgan fingerprint density at radius 3 is 2.71 bits per heavy atom. The van der Waals surface area contributed by atoms with Crippen molar-refractivity contribution in [3.8, 4) is 0 Å². The summed E-state index contributed by atoms with van der Waals surface area (Å²) in [6.07, 6.45) is 0. The summed E-state index contributed by atoms with van der Waals surface area (Å²) in [4.78, 5) is 2.14. The highest BCUT2D eigenvalue weighted by atomic mass is 32.2. The molecule has 0 radical (unpaired) electrons. The minimum atomic E-state index is -3.71. The van der Waals surface area contributed by atoms with E-state index >= 15 is 0 Å². The fraction of sp³-hybridized carbons (Fsp3) is 0.571. The lowest BCUT2D eigenvalue weighted by Gasteiger charge is -2.29. The molecule has 21 heavy (non-hydrogen) atoms. The first-order valence-electron chi connectivity index (χ1n) is 6.97. The van der Waals surface area contributed by atoms with Gasteiger partial charge in [-0.1, -0.05) is 6.07 Å². The highest BCUT2D eigenvalue weighted by Crippen LogP contribution is 2.16. The molecule has 118 valence electrons. The van der Waals surface area contributed by atoms with Crippen LogP contribution in [0.4, 0.5) is 4.39 Å². The van der Waals surface area contributed by atoms with Crippen molar-refractivity contribution in [2.75, 3.05) is 32.8 Å². The maximum atomic E-state index is 13.3. The number of ether oxygens (including phenoxy) is 1. The summed E-state index contributed by atoms with van der Waals surface area (Å²) < 4.78 is 45.8. The molecule has 1 unspecified atom stereocenters. The first-order chi connectivity index (χ1) is 9.88. The zero-order chi connectivity index (χ0) is 15.5. The predicted octanol–water partition coefficient (Wildman–Crippen LogP) is 1.13. The summed E-state index contributed by atoms with van der Waals surface area (Å²) in [5.74, 6) is -0.554. The quantitative estimate of drug-likeness (QED) is 0.885. The van der Waals surface area contributed by atoms with E-state index in [0.29, 0.717) is 25.3 Å². The lowest BCUT2D eigenvalue weighted by Crippen LogP contribution is -2.46. The number of morpholine rings is 1. The van der Waals surface area contributed by atoms with Gasteiger partial charge in [0.05, 0.1) is 18.1 Å². The number of aryl methyl sites for hydroxylation is 1. The number of nitrogens with zero attached hydrogens (tertiary/aromatic N) is 1. The van der Waals surface area contributed by atoms with Gasteiger partial charge in [0.2, 0.25) is 10.0 Å². The van der Waals surface area contributed by atoms with E-state index in [1.807, 2.05) is 6.92 Å². The van der Waals surface area contributed by atoms with E-state index in [9.17, 15) is 12.8 Å². The molecule has 1 aliphatic rings. The van der Waals surface area contributed by atoms with E-state index in [-0.39, 0.29) is 10.9 Å². The average Bonchev–Trinajstić information content (AvgIpc) is 2.41. The van der Waals surface area contributed by atoms with Gasteiger partial charge in [-0.15, -0.1) is 0 Å². The van der Waals surface area contributed by atoms with Gasteiger partial charge in [0.1, 0.15) is 5.82 Å². The minimum Gasteiger partial charge on any atom is -0.379 e. The molecule has 0 saturated carbocycles. The number of hydrogen-bond acceptors (Lipinski definition) is 4. The van der Waals surface area contributed by atoms with Crippen LogP contribution in [0.3, 0.4) is 0 Å². The Morgan fingerprint density at radius 1 is 1.38 bits per heavy atom. The summed E-state index contributed by atoms with van der Waals surface area (Å²) in [6, 6.07) is 3.53. The summed E-state index contributed by atoms with van der Waals surface area (Å²) >= 11 is 0. The molecule has 1 aliphatic heterocycles. The van der Waals surface area contributed by atoms with Crippen LogP contribution in [0.15, 0.2) is 23.1 Å². The topological polar surface area (TPSA) is 58.6 Å². The Bertz CT molecular complexity index is 586. The second kappa shape index (κ2) is 6.83. The number of benzene rings is 1. The van der Waals surface area contributed by atoms with E-state index in [0.717, 1.165) is 19.2 Å². The number of sulfonamides is 1. The Morgan fingerprint density at radius 2 is 2.05 bits per heavy atom. The largest absolute Gasteiger partial charge is 0.379 e. The van der Waals surface area contributed by atoms with E-state index < -0.39 is 15.8 Å². The maximum absolute atomic E-state index is 13.3. The molecule has 1 aromatic carbocycles. The number of hydrogen-bond donors (Lipinski definition) is 1. The Labute approximate surface area is 125 Å². The van der Waals surface area contributed by atoms with Crippen LogP contribution < -0.4 is 4.72 Å². The van der Waals surface area contributed by atoms with Crippen molar-refractivity contribution >= 4 is 10.0 Å². The third-order valence-electron chi connectivity index (χ3n) is 3.43. The Balaban J connectivity index is 2.04. The molecule has 0 bridgehead atoms. The van der Waals surface area contributed by atoms with Gasteiger partial charge in [-0.2, -0.15) is 0 Å². The van der Waals surface area contributed by atoms with E-state index in [1.165, 1.54) is 12.1 Å². The fourth-order valence-electron chi connectivity index (χ4n) is 2.40. The lowest BCUT2D eigenvalue weighted by atomic mass is 10.2. The minimum absolute atomic E-state index is 0.00340. The van der Waals surface area contributed by atoms with Crippen LogP contribution >= 0.6 is 0 Å². The highest BCUT2D eigenvalue weighted by Gasteiger charge is 2.22. The van der Waals surface area contributed by atoms with Crippen LogP contribution in [-0.2, 0) is 14.8 Å². The molecule has 1 saturated heterocycles. The first-order valence-corrected chi connectivity index (χ1v) is 8.45. The zero-order valence-electron chi connectivity index (χ0n) is 12.3. The molecule has 0 amide bonds. The van der Waals surface area contributed by atoms with Gasteiger partial charge in [0.15, 0.2) is 0 Å². The van der Waals surface area contributed by atoms with Gasteiger partial charge >= 0.3 is 0 Å². The van der Waals surface area contributed by atoms with Gasteiger partial charge in [-0.25, -0.2) is 17.5 Å². The fourth-order valence-corrected chi connectivity index (χ4v) is 3.89. The Hall–Kier alpha value is -1.02. The Kier molecular flexibility index (Phi) is 5.32. The van der Waals surface area contributed by atoms with Crippen LogP contribution in [0, 0.1) is 12.7 Å². The van der Waals surface area contributed by atoms with Crippen molar-refractivity contribution in [3.05, 3.63) is 29.6 Å². The molecule has 1 fully saturated rings. The van der Waals surface area contributed by atoms with Crippen LogP contribution in [-0.4, -0.2) is 52.2 Å².